The summed E-state index contributed by atoms with van der Waals surface area (Å²) in [5.41, 5.74) is 1.55. The van der Waals surface area contributed by atoms with Gasteiger partial charge in [0.25, 0.3) is 5.69 Å². The summed E-state index contributed by atoms with van der Waals surface area (Å²) >= 11 is 0. The largest absolute Gasteiger partial charge is 0.477 e. The van der Waals surface area contributed by atoms with Gasteiger partial charge >= 0.3 is 5.97 Å². The lowest BCUT2D eigenvalue weighted by molar-refractivity contribution is -0.385. The van der Waals surface area contributed by atoms with Gasteiger partial charge < -0.3 is 10.4 Å². The van der Waals surface area contributed by atoms with Crippen molar-refractivity contribution >= 4 is 17.3 Å². The van der Waals surface area contributed by atoms with Gasteiger partial charge in [0, 0.05) is 18.0 Å². The van der Waals surface area contributed by atoms with E-state index in [0.29, 0.717) is 12.2 Å². The number of hydrogen-bond acceptors (Lipinski definition) is 5. The van der Waals surface area contributed by atoms with Crippen molar-refractivity contribution in [1.82, 2.24) is 4.98 Å². The number of benzene rings is 1. The van der Waals surface area contributed by atoms with E-state index in [1.165, 1.54) is 18.2 Å². The lowest BCUT2D eigenvalue weighted by atomic mass is 10.1. The Morgan fingerprint density at radius 1 is 1.43 bits per heavy atom. The van der Waals surface area contributed by atoms with Gasteiger partial charge in [-0.3, -0.25) is 15.1 Å². The maximum absolute atomic E-state index is 11.1. The van der Waals surface area contributed by atoms with Crippen LogP contribution >= 0.6 is 0 Å². The highest BCUT2D eigenvalue weighted by Crippen LogP contribution is 2.23. The van der Waals surface area contributed by atoms with Gasteiger partial charge in [-0.1, -0.05) is 6.07 Å². The minimum Gasteiger partial charge on any atom is -0.477 e. The fourth-order valence-corrected chi connectivity index (χ4v) is 1.87. The zero-order chi connectivity index (χ0) is 15.4. The maximum Gasteiger partial charge on any atom is 0.342 e. The van der Waals surface area contributed by atoms with E-state index in [1.54, 1.807) is 6.20 Å². The molecule has 0 fully saturated rings. The number of carboxylic acids is 1. The first-order valence-electron chi connectivity index (χ1n) is 6.15. The first-order chi connectivity index (χ1) is 9.99. The van der Waals surface area contributed by atoms with Gasteiger partial charge in [0.15, 0.2) is 0 Å². The summed E-state index contributed by atoms with van der Waals surface area (Å²) in [5.74, 6) is -1.33. The van der Waals surface area contributed by atoms with Gasteiger partial charge in [0.2, 0.25) is 0 Å². The molecule has 1 heterocycles. The smallest absolute Gasteiger partial charge is 0.342 e. The van der Waals surface area contributed by atoms with Crippen LogP contribution in [0.2, 0.25) is 0 Å². The summed E-state index contributed by atoms with van der Waals surface area (Å²) in [6, 6.07) is 7.65. The molecule has 2 rings (SSSR count). The number of nitrogens with zero attached hydrogens (tertiary/aromatic N) is 2. The van der Waals surface area contributed by atoms with Gasteiger partial charge in [-0.15, -0.1) is 0 Å². The molecular formula is C14H13N3O4. The van der Waals surface area contributed by atoms with Crippen molar-refractivity contribution in [3.8, 4) is 0 Å². The minimum absolute atomic E-state index is 0.345. The fraction of sp³-hybridized carbons (Fsp3) is 0.143. The SMILES string of the molecule is Cc1cccnc1CNc1ccc([N+](=O)[O-])c(C(=O)O)c1. The van der Waals surface area contributed by atoms with Crippen LogP contribution in [0.1, 0.15) is 21.6 Å². The molecule has 0 amide bonds. The van der Waals surface area contributed by atoms with Crippen LogP contribution in [-0.2, 0) is 6.54 Å². The van der Waals surface area contributed by atoms with Crippen LogP contribution in [0.5, 0.6) is 0 Å². The van der Waals surface area contributed by atoms with Gasteiger partial charge in [-0.2, -0.15) is 0 Å². The molecule has 7 heteroatoms. The van der Waals surface area contributed by atoms with Crippen molar-refractivity contribution in [3.63, 3.8) is 0 Å². The number of pyridine rings is 1. The monoisotopic (exact) mass is 287 g/mol. The minimum atomic E-state index is -1.33. The third-order valence-corrected chi connectivity index (χ3v) is 3.00. The molecule has 0 aliphatic carbocycles. The number of anilines is 1. The molecule has 0 saturated heterocycles. The number of rotatable bonds is 5. The molecule has 0 aliphatic rings. The summed E-state index contributed by atoms with van der Waals surface area (Å²) in [6.07, 6.45) is 1.67. The van der Waals surface area contributed by atoms with E-state index < -0.39 is 16.6 Å². The molecule has 7 nitrogen and oxygen atoms in total. The molecule has 0 spiro atoms. The Balaban J connectivity index is 2.22. The summed E-state index contributed by atoms with van der Waals surface area (Å²) in [6.45, 7) is 2.33. The predicted molar refractivity (Wildman–Crippen MR) is 76.4 cm³/mol. The highest BCUT2D eigenvalue weighted by molar-refractivity contribution is 5.93. The van der Waals surface area contributed by atoms with E-state index in [0.717, 1.165) is 11.3 Å². The summed E-state index contributed by atoms with van der Waals surface area (Å²) in [5, 5.41) is 22.8. The van der Waals surface area contributed by atoms with Crippen molar-refractivity contribution in [3.05, 3.63) is 63.5 Å². The van der Waals surface area contributed by atoms with Crippen LogP contribution in [0.3, 0.4) is 0 Å². The first kappa shape index (κ1) is 14.4. The van der Waals surface area contributed by atoms with Gasteiger partial charge in [-0.05, 0) is 30.7 Å². The molecule has 0 atom stereocenters. The van der Waals surface area contributed by atoms with Crippen LogP contribution in [-0.4, -0.2) is 21.0 Å². The summed E-state index contributed by atoms with van der Waals surface area (Å²) < 4.78 is 0. The van der Waals surface area contributed by atoms with Crippen molar-refractivity contribution in [2.24, 2.45) is 0 Å². The topological polar surface area (TPSA) is 105 Å². The molecule has 0 bridgehead atoms. The average Bonchev–Trinajstić information content (AvgIpc) is 2.46. The van der Waals surface area contributed by atoms with Gasteiger partial charge in [-0.25, -0.2) is 4.79 Å². The number of carbonyl (C=O) groups is 1. The van der Waals surface area contributed by atoms with Crippen molar-refractivity contribution in [1.29, 1.82) is 0 Å². The molecule has 0 saturated carbocycles. The zero-order valence-corrected chi connectivity index (χ0v) is 11.2. The lowest BCUT2D eigenvalue weighted by Gasteiger charge is -2.09. The molecule has 0 unspecified atom stereocenters. The molecular weight excluding hydrogens is 274 g/mol. The van der Waals surface area contributed by atoms with E-state index >= 15 is 0 Å². The summed E-state index contributed by atoms with van der Waals surface area (Å²) in [7, 11) is 0. The maximum atomic E-state index is 11.1. The third kappa shape index (κ3) is 3.33. The van der Waals surface area contributed by atoms with Crippen LogP contribution < -0.4 is 5.32 Å². The molecule has 108 valence electrons. The Morgan fingerprint density at radius 3 is 2.81 bits per heavy atom. The van der Waals surface area contributed by atoms with E-state index in [9.17, 15) is 14.9 Å². The lowest BCUT2D eigenvalue weighted by Crippen LogP contribution is -2.06. The molecule has 1 aromatic carbocycles. The quantitative estimate of drug-likeness (QED) is 0.646. The molecule has 21 heavy (non-hydrogen) atoms. The van der Waals surface area contributed by atoms with E-state index in [2.05, 4.69) is 10.3 Å². The number of aryl methyl sites for hydroxylation is 1. The second kappa shape index (κ2) is 6.00. The number of nitrogens with one attached hydrogen (secondary N) is 1. The number of aromatic carboxylic acids is 1. The van der Waals surface area contributed by atoms with Crippen molar-refractivity contribution in [2.45, 2.75) is 13.5 Å². The highest BCUT2D eigenvalue weighted by atomic mass is 16.6. The predicted octanol–water partition coefficient (Wildman–Crippen LogP) is 2.61. The van der Waals surface area contributed by atoms with Crippen LogP contribution in [0.4, 0.5) is 11.4 Å². The number of nitro groups is 1. The molecule has 1 aromatic heterocycles. The second-order valence-electron chi connectivity index (χ2n) is 4.41. The van der Waals surface area contributed by atoms with Crippen LogP contribution in [0.25, 0.3) is 0 Å². The second-order valence-corrected chi connectivity index (χ2v) is 4.41. The average molecular weight is 287 g/mol. The highest BCUT2D eigenvalue weighted by Gasteiger charge is 2.19. The number of aromatic nitrogens is 1. The zero-order valence-electron chi connectivity index (χ0n) is 11.2. The number of hydrogen-bond donors (Lipinski definition) is 2. The molecule has 2 N–H and O–H groups in total. The summed E-state index contributed by atoms with van der Waals surface area (Å²) in [4.78, 5) is 25.3. The Labute approximate surface area is 120 Å². The Bertz CT molecular complexity index is 700. The first-order valence-corrected chi connectivity index (χ1v) is 6.15. The van der Waals surface area contributed by atoms with Crippen molar-refractivity contribution in [2.75, 3.05) is 5.32 Å². The van der Waals surface area contributed by atoms with E-state index in [-0.39, 0.29) is 5.56 Å². The fourth-order valence-electron chi connectivity index (χ4n) is 1.87. The molecule has 2 aromatic rings. The standard InChI is InChI=1S/C14H13N3O4/c1-9-3-2-6-15-12(9)8-16-10-4-5-13(17(20)21)11(7-10)14(18)19/h2-7,16H,8H2,1H3,(H,18,19). The number of carboxylic acid groups (broad SMARTS) is 1. The van der Waals surface area contributed by atoms with E-state index in [1.807, 2.05) is 19.1 Å². The molecule has 0 aliphatic heterocycles. The van der Waals surface area contributed by atoms with Gasteiger partial charge in [0.1, 0.15) is 5.56 Å². The van der Waals surface area contributed by atoms with Gasteiger partial charge in [0.05, 0.1) is 17.2 Å². The van der Waals surface area contributed by atoms with Crippen molar-refractivity contribution < 1.29 is 14.8 Å². The van der Waals surface area contributed by atoms with Crippen LogP contribution in [0, 0.1) is 17.0 Å². The van der Waals surface area contributed by atoms with E-state index in [4.69, 9.17) is 5.11 Å². The normalized spacial score (nSPS) is 10.1. The Morgan fingerprint density at radius 2 is 2.19 bits per heavy atom. The number of nitro benzene ring substituents is 1. The molecule has 0 radical (unpaired) electrons. The Kier molecular flexibility index (Phi) is 4.13. The van der Waals surface area contributed by atoms with Crippen LogP contribution in [0.15, 0.2) is 36.5 Å². The third-order valence-electron chi connectivity index (χ3n) is 3.00. The Hall–Kier alpha value is -2.96.